The zero-order valence-electron chi connectivity index (χ0n) is 15.9. The van der Waals surface area contributed by atoms with Crippen LogP contribution in [-0.2, 0) is 0 Å². The van der Waals surface area contributed by atoms with Gasteiger partial charge in [-0.2, -0.15) is 0 Å². The summed E-state index contributed by atoms with van der Waals surface area (Å²) >= 11 is 0. The molecule has 28 heavy (non-hydrogen) atoms. The Bertz CT molecular complexity index is 959. The topological polar surface area (TPSA) is 55.3 Å². The van der Waals surface area contributed by atoms with Crippen molar-refractivity contribution in [2.45, 2.75) is 18.8 Å². The van der Waals surface area contributed by atoms with Crippen LogP contribution in [0.1, 0.15) is 34.8 Å². The summed E-state index contributed by atoms with van der Waals surface area (Å²) in [5.74, 6) is 1.03. The summed E-state index contributed by atoms with van der Waals surface area (Å²) in [6.45, 7) is 1.43. The molecule has 1 saturated heterocycles. The van der Waals surface area contributed by atoms with Crippen molar-refractivity contribution in [2.24, 2.45) is 0 Å². The first-order valence-electron chi connectivity index (χ1n) is 9.56. The third-order valence-corrected chi connectivity index (χ3v) is 5.19. The molecule has 1 aliphatic heterocycles. The molecule has 1 fully saturated rings. The molecule has 0 aliphatic carbocycles. The number of hydrogen-bond acceptors (Lipinski definition) is 4. The first kappa shape index (κ1) is 18.2. The van der Waals surface area contributed by atoms with E-state index in [4.69, 9.17) is 4.74 Å². The lowest BCUT2D eigenvalue weighted by Crippen LogP contribution is -2.39. The maximum absolute atomic E-state index is 12.9. The van der Waals surface area contributed by atoms with Crippen molar-refractivity contribution in [3.8, 4) is 17.0 Å². The Kier molecular flexibility index (Phi) is 5.33. The second-order valence-corrected chi connectivity index (χ2v) is 6.98. The number of amides is 1. The van der Waals surface area contributed by atoms with Gasteiger partial charge in [-0.25, -0.2) is 0 Å². The molecular formula is C23H23N3O2. The Labute approximate surface area is 165 Å². The van der Waals surface area contributed by atoms with Gasteiger partial charge in [0.25, 0.3) is 5.91 Å². The summed E-state index contributed by atoms with van der Waals surface area (Å²) in [4.78, 5) is 24.1. The molecule has 0 spiro atoms. The third-order valence-electron chi connectivity index (χ3n) is 5.19. The van der Waals surface area contributed by atoms with E-state index >= 15 is 0 Å². The van der Waals surface area contributed by atoms with E-state index in [0.717, 1.165) is 47.7 Å². The molecule has 5 nitrogen and oxygen atoms in total. The molecule has 1 aliphatic rings. The lowest BCUT2D eigenvalue weighted by atomic mass is 9.91. The molecule has 1 unspecified atom stereocenters. The van der Waals surface area contributed by atoms with Gasteiger partial charge in [-0.1, -0.05) is 30.3 Å². The predicted molar refractivity (Wildman–Crippen MR) is 108 cm³/mol. The number of methoxy groups -OCH3 is 1. The molecule has 1 amide bonds. The number of hydrogen-bond donors (Lipinski definition) is 0. The van der Waals surface area contributed by atoms with Crippen LogP contribution in [0.25, 0.3) is 11.3 Å². The minimum absolute atomic E-state index is 0.0807. The molecular weight excluding hydrogens is 350 g/mol. The third kappa shape index (κ3) is 3.74. The smallest absolute Gasteiger partial charge is 0.253 e. The van der Waals surface area contributed by atoms with Gasteiger partial charge >= 0.3 is 0 Å². The molecule has 2 aromatic carbocycles. The Morgan fingerprint density at radius 2 is 1.89 bits per heavy atom. The van der Waals surface area contributed by atoms with Gasteiger partial charge in [-0.3, -0.25) is 14.8 Å². The lowest BCUT2D eigenvalue weighted by molar-refractivity contribution is 0.0706. The average Bonchev–Trinajstić information content (AvgIpc) is 2.79. The highest BCUT2D eigenvalue weighted by atomic mass is 16.5. The molecule has 142 valence electrons. The van der Waals surface area contributed by atoms with Crippen LogP contribution < -0.4 is 4.74 Å². The Balaban J connectivity index is 1.62. The zero-order chi connectivity index (χ0) is 19.3. The molecule has 4 rings (SSSR count). The van der Waals surface area contributed by atoms with Crippen molar-refractivity contribution in [1.82, 2.24) is 14.9 Å². The maximum atomic E-state index is 12.9. The SMILES string of the molecule is COc1cccc(-c2nccnc2C2CCCN(C(=O)c3ccccc3)C2)c1. The van der Waals surface area contributed by atoms with Gasteiger partial charge in [0, 0.05) is 42.5 Å². The van der Waals surface area contributed by atoms with E-state index < -0.39 is 0 Å². The van der Waals surface area contributed by atoms with Crippen molar-refractivity contribution in [3.05, 3.63) is 78.2 Å². The van der Waals surface area contributed by atoms with Crippen LogP contribution in [0.5, 0.6) is 5.75 Å². The number of nitrogens with zero attached hydrogens (tertiary/aromatic N) is 3. The van der Waals surface area contributed by atoms with Gasteiger partial charge in [0.1, 0.15) is 5.75 Å². The minimum atomic E-state index is 0.0807. The molecule has 5 heteroatoms. The second kappa shape index (κ2) is 8.21. The van der Waals surface area contributed by atoms with Crippen LogP contribution in [0.3, 0.4) is 0 Å². The number of piperidine rings is 1. The van der Waals surface area contributed by atoms with Crippen LogP contribution in [0.15, 0.2) is 67.0 Å². The van der Waals surface area contributed by atoms with Crippen molar-refractivity contribution in [1.29, 1.82) is 0 Å². The Hall–Kier alpha value is -3.21. The Morgan fingerprint density at radius 3 is 2.71 bits per heavy atom. The molecule has 1 atom stereocenters. The molecule has 0 bridgehead atoms. The molecule has 1 aromatic heterocycles. The van der Waals surface area contributed by atoms with E-state index in [-0.39, 0.29) is 11.8 Å². The summed E-state index contributed by atoms with van der Waals surface area (Å²) in [6, 6.07) is 17.3. The normalized spacial score (nSPS) is 16.6. The van der Waals surface area contributed by atoms with E-state index in [1.165, 1.54) is 0 Å². The molecule has 0 saturated carbocycles. The van der Waals surface area contributed by atoms with Crippen molar-refractivity contribution in [3.63, 3.8) is 0 Å². The van der Waals surface area contributed by atoms with Gasteiger partial charge in [-0.05, 0) is 37.1 Å². The van der Waals surface area contributed by atoms with Gasteiger partial charge < -0.3 is 9.64 Å². The standard InChI is InChI=1S/C23H23N3O2/c1-28-20-11-5-9-18(15-20)21-22(25-13-12-24-21)19-10-6-14-26(16-19)23(27)17-7-3-2-4-8-17/h2-5,7-9,11-13,15,19H,6,10,14,16H2,1H3. The largest absolute Gasteiger partial charge is 0.497 e. The summed E-state index contributed by atoms with van der Waals surface area (Å²) in [7, 11) is 1.66. The van der Waals surface area contributed by atoms with Crippen LogP contribution >= 0.6 is 0 Å². The van der Waals surface area contributed by atoms with Crippen LogP contribution in [0, 0.1) is 0 Å². The van der Waals surface area contributed by atoms with E-state index in [0.29, 0.717) is 6.54 Å². The number of carbonyl (C=O) groups is 1. The fourth-order valence-corrected chi connectivity index (χ4v) is 3.79. The van der Waals surface area contributed by atoms with Gasteiger partial charge in [0.15, 0.2) is 0 Å². The number of benzene rings is 2. The number of rotatable bonds is 4. The van der Waals surface area contributed by atoms with Crippen LogP contribution in [-0.4, -0.2) is 41.0 Å². The van der Waals surface area contributed by atoms with E-state index in [9.17, 15) is 4.79 Å². The number of aromatic nitrogens is 2. The monoisotopic (exact) mass is 373 g/mol. The van der Waals surface area contributed by atoms with E-state index in [2.05, 4.69) is 9.97 Å². The van der Waals surface area contributed by atoms with E-state index in [1.807, 2.05) is 59.5 Å². The lowest BCUT2D eigenvalue weighted by Gasteiger charge is -2.33. The van der Waals surface area contributed by atoms with Crippen molar-refractivity contribution in [2.75, 3.05) is 20.2 Å². The summed E-state index contributed by atoms with van der Waals surface area (Å²) in [5, 5.41) is 0. The summed E-state index contributed by atoms with van der Waals surface area (Å²) in [6.07, 6.45) is 5.40. The quantitative estimate of drug-likeness (QED) is 0.689. The first-order valence-corrected chi connectivity index (χ1v) is 9.56. The molecule has 3 aromatic rings. The zero-order valence-corrected chi connectivity index (χ0v) is 15.9. The van der Waals surface area contributed by atoms with Crippen molar-refractivity contribution < 1.29 is 9.53 Å². The van der Waals surface area contributed by atoms with E-state index in [1.54, 1.807) is 19.5 Å². The van der Waals surface area contributed by atoms with Gasteiger partial charge in [-0.15, -0.1) is 0 Å². The number of likely N-dealkylation sites (tertiary alicyclic amines) is 1. The van der Waals surface area contributed by atoms with Crippen LogP contribution in [0.4, 0.5) is 0 Å². The fraction of sp³-hybridized carbons (Fsp3) is 0.261. The Morgan fingerprint density at radius 1 is 1.07 bits per heavy atom. The second-order valence-electron chi connectivity index (χ2n) is 6.98. The van der Waals surface area contributed by atoms with Crippen molar-refractivity contribution >= 4 is 5.91 Å². The number of carbonyl (C=O) groups excluding carboxylic acids is 1. The molecule has 0 radical (unpaired) electrons. The van der Waals surface area contributed by atoms with Crippen LogP contribution in [0.2, 0.25) is 0 Å². The highest BCUT2D eigenvalue weighted by Gasteiger charge is 2.28. The minimum Gasteiger partial charge on any atom is -0.497 e. The summed E-state index contributed by atoms with van der Waals surface area (Å²) < 4.78 is 5.36. The summed E-state index contributed by atoms with van der Waals surface area (Å²) in [5.41, 5.74) is 3.52. The molecule has 0 N–H and O–H groups in total. The highest BCUT2D eigenvalue weighted by Crippen LogP contribution is 2.33. The first-order chi connectivity index (χ1) is 13.8. The maximum Gasteiger partial charge on any atom is 0.253 e. The number of ether oxygens (including phenoxy) is 1. The molecule has 2 heterocycles. The highest BCUT2D eigenvalue weighted by molar-refractivity contribution is 5.94. The van der Waals surface area contributed by atoms with Gasteiger partial charge in [0.2, 0.25) is 0 Å². The average molecular weight is 373 g/mol. The predicted octanol–water partition coefficient (Wildman–Crippen LogP) is 4.17. The fourth-order valence-electron chi connectivity index (χ4n) is 3.79. The van der Waals surface area contributed by atoms with Gasteiger partial charge in [0.05, 0.1) is 18.5 Å².